The van der Waals surface area contributed by atoms with Crippen LogP contribution < -0.4 is 9.04 Å². The van der Waals surface area contributed by atoms with Gasteiger partial charge in [-0.15, -0.1) is 24.5 Å². The van der Waals surface area contributed by atoms with Crippen LogP contribution in [0, 0.1) is 6.92 Å². The fourth-order valence-electron chi connectivity index (χ4n) is 4.73. The van der Waals surface area contributed by atoms with Crippen LogP contribution in [0.25, 0.3) is 10.1 Å². The number of nitrogens with zero attached hydrogens (tertiary/aromatic N) is 2. The van der Waals surface area contributed by atoms with Crippen LogP contribution >= 0.6 is 11.3 Å². The van der Waals surface area contributed by atoms with Crippen LogP contribution in [0.1, 0.15) is 25.0 Å². The Morgan fingerprint density at radius 3 is 2.39 bits per heavy atom. The quantitative estimate of drug-likeness (QED) is 0.366. The lowest BCUT2D eigenvalue weighted by Crippen LogP contribution is -2.54. The molecular weight excluding hydrogens is 513 g/mol. The maximum absolute atomic E-state index is 12.6. The topological polar surface area (TPSA) is 62.2 Å². The molecule has 1 aliphatic heterocycles. The minimum Gasteiger partial charge on any atom is -0.406 e. The number of fused-ring (bicyclic) bond motifs is 1. The maximum atomic E-state index is 12.6. The number of hydrogen-bond acceptors (Lipinski definition) is 5. The summed E-state index contributed by atoms with van der Waals surface area (Å²) < 4.78 is 73.0. The second-order valence-electron chi connectivity index (χ2n) is 9.08. The highest BCUT2D eigenvalue weighted by Gasteiger charge is 2.33. The molecule has 2 aromatic carbocycles. The summed E-state index contributed by atoms with van der Waals surface area (Å²) in [6, 6.07) is 13.5. The van der Waals surface area contributed by atoms with Crippen molar-refractivity contribution in [2.24, 2.45) is 0 Å². The van der Waals surface area contributed by atoms with Gasteiger partial charge in [0, 0.05) is 23.8 Å². The van der Waals surface area contributed by atoms with Crippen LogP contribution in [-0.4, -0.2) is 57.9 Å². The Morgan fingerprint density at radius 1 is 1.17 bits per heavy atom. The van der Waals surface area contributed by atoms with Crippen LogP contribution in [0.5, 0.6) is 5.75 Å². The van der Waals surface area contributed by atoms with Crippen molar-refractivity contribution in [1.82, 2.24) is 4.90 Å². The molecule has 6 nitrogen and oxygen atoms in total. The lowest BCUT2D eigenvalue weighted by atomic mass is 10.0. The van der Waals surface area contributed by atoms with Crippen molar-refractivity contribution in [1.29, 1.82) is 0 Å². The monoisotopic (exact) mass is 542 g/mol. The number of rotatable bonds is 8. The standard InChI is InChI=1S/C25H29F3N2O4S2/c1-16-13-29(14-17(2)33-16)20(12-19-8-10-21(11-9-19)34-25(26,27)28)15-30(36(31)32)24-18(3)22-6-4-5-7-23(22)35-24/h4-11,16-17,20H,12-15H2,1-3H3,(H,31,32). The molecule has 1 aromatic heterocycles. The summed E-state index contributed by atoms with van der Waals surface area (Å²) >= 11 is -0.796. The molecule has 3 aromatic rings. The van der Waals surface area contributed by atoms with E-state index < -0.39 is 17.6 Å². The number of anilines is 1. The molecule has 1 fully saturated rings. The zero-order valence-electron chi connectivity index (χ0n) is 20.2. The van der Waals surface area contributed by atoms with E-state index in [9.17, 15) is 21.9 Å². The van der Waals surface area contributed by atoms with Gasteiger partial charge < -0.3 is 9.47 Å². The fourth-order valence-corrected chi connectivity index (χ4v) is 6.74. The first-order chi connectivity index (χ1) is 17.0. The summed E-state index contributed by atoms with van der Waals surface area (Å²) in [5.41, 5.74) is 1.74. The first-order valence-electron chi connectivity index (χ1n) is 11.6. The van der Waals surface area contributed by atoms with Crippen LogP contribution in [0.2, 0.25) is 0 Å². The normalized spacial score (nSPS) is 20.9. The van der Waals surface area contributed by atoms with Gasteiger partial charge in [-0.05, 0) is 61.9 Å². The predicted molar refractivity (Wildman–Crippen MR) is 137 cm³/mol. The molecule has 2 heterocycles. The molecule has 0 spiro atoms. The Morgan fingerprint density at radius 2 is 1.81 bits per heavy atom. The molecule has 36 heavy (non-hydrogen) atoms. The lowest BCUT2D eigenvalue weighted by molar-refractivity contribution is -0.274. The Bertz CT molecular complexity index is 1190. The third-order valence-electron chi connectivity index (χ3n) is 6.20. The van der Waals surface area contributed by atoms with Gasteiger partial charge in [-0.2, -0.15) is 0 Å². The second kappa shape index (κ2) is 11.1. The zero-order valence-corrected chi connectivity index (χ0v) is 21.8. The van der Waals surface area contributed by atoms with E-state index in [4.69, 9.17) is 4.74 Å². The summed E-state index contributed by atoms with van der Waals surface area (Å²) in [5, 5.41) is 1.77. The van der Waals surface area contributed by atoms with Crippen molar-refractivity contribution in [3.05, 3.63) is 59.7 Å². The molecule has 0 radical (unpaired) electrons. The van der Waals surface area contributed by atoms with E-state index in [0.29, 0.717) is 19.5 Å². The molecule has 4 rings (SSSR count). The number of aryl methyl sites for hydroxylation is 1. The second-order valence-corrected chi connectivity index (χ2v) is 11.0. The molecule has 0 bridgehead atoms. The SMILES string of the molecule is Cc1c(N(CC(Cc2ccc(OC(F)(F)F)cc2)N2CC(C)OC(C)C2)S(=O)O)sc2ccccc12. The maximum Gasteiger partial charge on any atom is 0.573 e. The molecule has 196 valence electrons. The number of thiophene rings is 1. The Labute approximate surface area is 215 Å². The third-order valence-corrected chi connectivity index (χ3v) is 8.32. The van der Waals surface area contributed by atoms with Crippen LogP contribution in [0.4, 0.5) is 18.2 Å². The van der Waals surface area contributed by atoms with Gasteiger partial charge in [0.1, 0.15) is 10.8 Å². The van der Waals surface area contributed by atoms with Gasteiger partial charge in [0.25, 0.3) is 11.3 Å². The van der Waals surface area contributed by atoms with E-state index in [-0.39, 0.29) is 30.5 Å². The summed E-state index contributed by atoms with van der Waals surface area (Å²) in [4.78, 5) is 2.24. The molecule has 4 unspecified atom stereocenters. The van der Waals surface area contributed by atoms with Gasteiger partial charge in [-0.3, -0.25) is 13.8 Å². The molecule has 4 atom stereocenters. The van der Waals surface area contributed by atoms with E-state index in [1.54, 1.807) is 12.1 Å². The van der Waals surface area contributed by atoms with E-state index in [0.717, 1.165) is 26.2 Å². The number of benzene rings is 2. The van der Waals surface area contributed by atoms with Crippen molar-refractivity contribution in [3.8, 4) is 5.75 Å². The van der Waals surface area contributed by atoms with E-state index in [1.165, 1.54) is 27.8 Å². The van der Waals surface area contributed by atoms with Crippen molar-refractivity contribution >= 4 is 37.7 Å². The van der Waals surface area contributed by atoms with Gasteiger partial charge in [0.05, 0.1) is 18.8 Å². The van der Waals surface area contributed by atoms with Crippen LogP contribution in [0.15, 0.2) is 48.5 Å². The molecule has 0 aliphatic carbocycles. The number of morpholine rings is 1. The Kier molecular flexibility index (Phi) is 8.25. The summed E-state index contributed by atoms with van der Waals surface area (Å²) in [5.74, 6) is -0.282. The van der Waals surface area contributed by atoms with E-state index in [1.807, 2.05) is 45.0 Å². The van der Waals surface area contributed by atoms with Gasteiger partial charge in [-0.25, -0.2) is 4.21 Å². The first kappa shape index (κ1) is 26.9. The molecule has 0 amide bonds. The molecule has 1 saturated heterocycles. The lowest BCUT2D eigenvalue weighted by Gasteiger charge is -2.41. The van der Waals surface area contributed by atoms with Crippen LogP contribution in [0.3, 0.4) is 0 Å². The van der Waals surface area contributed by atoms with Crippen LogP contribution in [-0.2, 0) is 22.4 Å². The average Bonchev–Trinajstić information content (AvgIpc) is 3.12. The highest BCUT2D eigenvalue weighted by Crippen LogP contribution is 2.38. The Hall–Kier alpha value is -2.18. The predicted octanol–water partition coefficient (Wildman–Crippen LogP) is 5.77. The molecule has 0 saturated carbocycles. The number of hydrogen-bond donors (Lipinski definition) is 1. The van der Waals surface area contributed by atoms with E-state index >= 15 is 0 Å². The number of halogens is 3. The van der Waals surface area contributed by atoms with Gasteiger partial charge in [0.15, 0.2) is 0 Å². The molecule has 1 N–H and O–H groups in total. The fraction of sp³-hybridized carbons (Fsp3) is 0.440. The average molecular weight is 543 g/mol. The van der Waals surface area contributed by atoms with Crippen molar-refractivity contribution < 1.29 is 31.4 Å². The van der Waals surface area contributed by atoms with Gasteiger partial charge in [0.2, 0.25) is 0 Å². The smallest absolute Gasteiger partial charge is 0.406 e. The van der Waals surface area contributed by atoms with Crippen molar-refractivity contribution in [2.75, 3.05) is 23.9 Å². The first-order valence-corrected chi connectivity index (χ1v) is 13.5. The van der Waals surface area contributed by atoms with Crippen molar-refractivity contribution in [2.45, 2.75) is 51.8 Å². The highest BCUT2D eigenvalue weighted by atomic mass is 32.2. The molecule has 1 aliphatic rings. The molecule has 11 heteroatoms. The minimum atomic E-state index is -4.75. The van der Waals surface area contributed by atoms with Crippen molar-refractivity contribution in [3.63, 3.8) is 0 Å². The summed E-state index contributed by atoms with van der Waals surface area (Å²) in [7, 11) is 0. The Balaban J connectivity index is 1.63. The van der Waals surface area contributed by atoms with E-state index in [2.05, 4.69) is 9.64 Å². The number of alkyl halides is 3. The number of ether oxygens (including phenoxy) is 2. The zero-order chi connectivity index (χ0) is 26.0. The summed E-state index contributed by atoms with van der Waals surface area (Å²) in [6.45, 7) is 7.46. The van der Waals surface area contributed by atoms with Gasteiger partial charge in [-0.1, -0.05) is 30.3 Å². The van der Waals surface area contributed by atoms with Gasteiger partial charge >= 0.3 is 6.36 Å². The third kappa shape index (κ3) is 6.57. The highest BCUT2D eigenvalue weighted by molar-refractivity contribution is 7.81. The summed E-state index contributed by atoms with van der Waals surface area (Å²) in [6.07, 6.45) is -4.31. The molecular formula is C25H29F3N2O4S2. The minimum absolute atomic E-state index is 0.0158. The largest absolute Gasteiger partial charge is 0.573 e.